The van der Waals surface area contributed by atoms with Crippen LogP contribution < -0.4 is 10.6 Å². The van der Waals surface area contributed by atoms with Crippen LogP contribution in [0.5, 0.6) is 0 Å². The molecule has 2 aromatic heterocycles. The Hall–Kier alpha value is -3.73. The minimum atomic E-state index is -0.261. The van der Waals surface area contributed by atoms with Gasteiger partial charge in [0.2, 0.25) is 0 Å². The minimum Gasteiger partial charge on any atom is -0.380 e. The maximum Gasteiger partial charge on any atom is 0.274 e. The fourth-order valence-corrected chi connectivity index (χ4v) is 3.03. The normalized spacial score (nSPS) is 10.6. The molecule has 1 amide bonds. The number of para-hydroxylation sites is 1. The number of nitrogens with one attached hydrogen (secondary N) is 2. The van der Waals surface area contributed by atoms with E-state index in [2.05, 4.69) is 39.7 Å². The van der Waals surface area contributed by atoms with Crippen LogP contribution in [0.4, 0.5) is 11.4 Å². The number of pyridine rings is 2. The van der Waals surface area contributed by atoms with Crippen molar-refractivity contribution in [3.05, 3.63) is 95.9 Å². The van der Waals surface area contributed by atoms with Gasteiger partial charge in [-0.05, 0) is 42.3 Å². The summed E-state index contributed by atoms with van der Waals surface area (Å²) in [5.41, 5.74) is 5.12. The smallest absolute Gasteiger partial charge is 0.274 e. The summed E-state index contributed by atoms with van der Waals surface area (Å²) in [5, 5.41) is 7.22. The van der Waals surface area contributed by atoms with Gasteiger partial charge in [-0.1, -0.05) is 42.5 Å². The highest BCUT2D eigenvalue weighted by Gasteiger charge is 2.10. The van der Waals surface area contributed by atoms with E-state index < -0.39 is 0 Å². The summed E-state index contributed by atoms with van der Waals surface area (Å²) in [5.74, 6) is -0.261. The summed E-state index contributed by atoms with van der Waals surface area (Å²) < 4.78 is 0. The molecule has 0 radical (unpaired) electrons. The third kappa shape index (κ3) is 3.83. The standard InChI is InChI=1S/C23H20N4O/c1-16-6-2-3-7-18(16)14-25-19-11-12-21(26-15-19)23(28)27-20-10-4-8-17-9-5-13-24-22(17)20/h2-13,15,25H,14H2,1H3,(H,27,28). The molecule has 0 atom stereocenters. The number of hydrogen-bond acceptors (Lipinski definition) is 4. The number of aromatic nitrogens is 2. The van der Waals surface area contributed by atoms with Crippen LogP contribution in [-0.2, 0) is 6.54 Å². The van der Waals surface area contributed by atoms with Gasteiger partial charge in [0.15, 0.2) is 0 Å². The average Bonchev–Trinajstić information content (AvgIpc) is 2.74. The van der Waals surface area contributed by atoms with E-state index in [1.165, 1.54) is 11.1 Å². The minimum absolute atomic E-state index is 0.261. The van der Waals surface area contributed by atoms with Crippen LogP contribution in [0.25, 0.3) is 10.9 Å². The lowest BCUT2D eigenvalue weighted by molar-refractivity contribution is 0.102. The SMILES string of the molecule is Cc1ccccc1CNc1ccc(C(=O)Nc2cccc3cccnc23)nc1. The van der Waals surface area contributed by atoms with E-state index in [0.29, 0.717) is 17.9 Å². The Morgan fingerprint density at radius 1 is 0.929 bits per heavy atom. The first kappa shape index (κ1) is 17.7. The number of rotatable bonds is 5. The summed E-state index contributed by atoms with van der Waals surface area (Å²) in [4.78, 5) is 21.2. The molecular weight excluding hydrogens is 348 g/mol. The third-order valence-electron chi connectivity index (χ3n) is 4.62. The quantitative estimate of drug-likeness (QED) is 0.531. The molecule has 0 saturated heterocycles. The lowest BCUT2D eigenvalue weighted by atomic mass is 10.1. The molecule has 0 aliphatic heterocycles. The number of anilines is 2. The van der Waals surface area contributed by atoms with Crippen molar-refractivity contribution in [3.8, 4) is 0 Å². The van der Waals surface area contributed by atoms with Crippen molar-refractivity contribution in [1.29, 1.82) is 0 Å². The van der Waals surface area contributed by atoms with Crippen molar-refractivity contribution in [1.82, 2.24) is 9.97 Å². The second kappa shape index (κ2) is 7.88. The molecule has 138 valence electrons. The fourth-order valence-electron chi connectivity index (χ4n) is 3.03. The zero-order valence-electron chi connectivity index (χ0n) is 15.5. The number of nitrogens with zero attached hydrogens (tertiary/aromatic N) is 2. The number of benzene rings is 2. The summed E-state index contributed by atoms with van der Waals surface area (Å²) in [7, 11) is 0. The number of carbonyl (C=O) groups is 1. The van der Waals surface area contributed by atoms with Gasteiger partial charge in [-0.25, -0.2) is 4.98 Å². The van der Waals surface area contributed by atoms with Crippen LogP contribution in [0.15, 0.2) is 79.1 Å². The Morgan fingerprint density at radius 3 is 2.61 bits per heavy atom. The molecular formula is C23H20N4O. The largest absolute Gasteiger partial charge is 0.380 e. The molecule has 0 unspecified atom stereocenters. The first-order valence-corrected chi connectivity index (χ1v) is 9.10. The van der Waals surface area contributed by atoms with Gasteiger partial charge in [-0.3, -0.25) is 9.78 Å². The number of amides is 1. The maximum atomic E-state index is 12.6. The summed E-state index contributed by atoms with van der Waals surface area (Å²) in [6.07, 6.45) is 3.39. The molecule has 5 heteroatoms. The molecule has 0 saturated carbocycles. The van der Waals surface area contributed by atoms with Crippen molar-refractivity contribution >= 4 is 28.2 Å². The zero-order chi connectivity index (χ0) is 19.3. The highest BCUT2D eigenvalue weighted by Crippen LogP contribution is 2.21. The van der Waals surface area contributed by atoms with Crippen LogP contribution in [0.1, 0.15) is 21.6 Å². The van der Waals surface area contributed by atoms with Gasteiger partial charge in [0, 0.05) is 18.1 Å². The predicted octanol–water partition coefficient (Wildman–Crippen LogP) is 4.80. The van der Waals surface area contributed by atoms with E-state index in [0.717, 1.165) is 16.6 Å². The lowest BCUT2D eigenvalue weighted by Gasteiger charge is -2.10. The van der Waals surface area contributed by atoms with E-state index in [1.807, 2.05) is 48.5 Å². The third-order valence-corrected chi connectivity index (χ3v) is 4.62. The zero-order valence-corrected chi connectivity index (χ0v) is 15.5. The van der Waals surface area contributed by atoms with Crippen LogP contribution in [-0.4, -0.2) is 15.9 Å². The van der Waals surface area contributed by atoms with Crippen LogP contribution in [0.3, 0.4) is 0 Å². The molecule has 28 heavy (non-hydrogen) atoms. The van der Waals surface area contributed by atoms with Crippen LogP contribution in [0.2, 0.25) is 0 Å². The summed E-state index contributed by atoms with van der Waals surface area (Å²) in [6.45, 7) is 2.80. The van der Waals surface area contributed by atoms with Crippen molar-refractivity contribution < 1.29 is 4.79 Å². The van der Waals surface area contributed by atoms with Gasteiger partial charge in [0.1, 0.15) is 5.69 Å². The molecule has 0 bridgehead atoms. The molecule has 0 spiro atoms. The van der Waals surface area contributed by atoms with E-state index in [1.54, 1.807) is 18.5 Å². The number of carbonyl (C=O) groups excluding carboxylic acids is 1. The van der Waals surface area contributed by atoms with E-state index in [-0.39, 0.29) is 5.91 Å². The highest BCUT2D eigenvalue weighted by atomic mass is 16.1. The molecule has 0 aliphatic rings. The fraction of sp³-hybridized carbons (Fsp3) is 0.0870. The van der Waals surface area contributed by atoms with Crippen molar-refractivity contribution in [2.45, 2.75) is 13.5 Å². The Kier molecular flexibility index (Phi) is 4.97. The Labute approximate surface area is 163 Å². The lowest BCUT2D eigenvalue weighted by Crippen LogP contribution is -2.14. The van der Waals surface area contributed by atoms with Gasteiger partial charge >= 0.3 is 0 Å². The van der Waals surface area contributed by atoms with Crippen molar-refractivity contribution in [2.24, 2.45) is 0 Å². The average molecular weight is 368 g/mol. The topological polar surface area (TPSA) is 66.9 Å². The molecule has 0 aliphatic carbocycles. The van der Waals surface area contributed by atoms with Gasteiger partial charge < -0.3 is 10.6 Å². The van der Waals surface area contributed by atoms with Gasteiger partial charge in [-0.2, -0.15) is 0 Å². The number of hydrogen-bond donors (Lipinski definition) is 2. The molecule has 0 fully saturated rings. The first-order chi connectivity index (χ1) is 13.7. The van der Waals surface area contributed by atoms with Gasteiger partial charge in [0.05, 0.1) is 23.1 Å². The molecule has 4 aromatic rings. The van der Waals surface area contributed by atoms with E-state index in [9.17, 15) is 4.79 Å². The van der Waals surface area contributed by atoms with E-state index in [4.69, 9.17) is 0 Å². The number of aryl methyl sites for hydroxylation is 1. The second-order valence-corrected chi connectivity index (χ2v) is 6.55. The summed E-state index contributed by atoms with van der Waals surface area (Å²) in [6, 6.07) is 21.3. The maximum absolute atomic E-state index is 12.6. The summed E-state index contributed by atoms with van der Waals surface area (Å²) >= 11 is 0. The van der Waals surface area contributed by atoms with Crippen molar-refractivity contribution in [2.75, 3.05) is 10.6 Å². The highest BCUT2D eigenvalue weighted by molar-refractivity contribution is 6.07. The van der Waals surface area contributed by atoms with Crippen molar-refractivity contribution in [3.63, 3.8) is 0 Å². The molecule has 4 rings (SSSR count). The Morgan fingerprint density at radius 2 is 1.79 bits per heavy atom. The monoisotopic (exact) mass is 368 g/mol. The Bertz CT molecular complexity index is 1120. The molecule has 2 aromatic carbocycles. The van der Waals surface area contributed by atoms with Gasteiger partial charge in [0.25, 0.3) is 5.91 Å². The first-order valence-electron chi connectivity index (χ1n) is 9.10. The molecule has 2 heterocycles. The predicted molar refractivity (Wildman–Crippen MR) is 112 cm³/mol. The van der Waals surface area contributed by atoms with E-state index >= 15 is 0 Å². The van der Waals surface area contributed by atoms with Crippen LogP contribution in [0, 0.1) is 6.92 Å². The number of fused-ring (bicyclic) bond motifs is 1. The molecule has 2 N–H and O–H groups in total. The molecule has 5 nitrogen and oxygen atoms in total. The Balaban J connectivity index is 1.44. The van der Waals surface area contributed by atoms with Gasteiger partial charge in [-0.15, -0.1) is 0 Å². The second-order valence-electron chi connectivity index (χ2n) is 6.55. The van der Waals surface area contributed by atoms with Crippen LogP contribution >= 0.6 is 0 Å².